The number of nitrogen functional groups attached to an aromatic ring is 1. The molecule has 5 heteroatoms. The topological polar surface area (TPSA) is 50.9 Å². The highest BCUT2D eigenvalue weighted by atomic mass is 35.5. The van der Waals surface area contributed by atoms with Gasteiger partial charge in [-0.2, -0.15) is 0 Å². The van der Waals surface area contributed by atoms with Crippen LogP contribution in [0.1, 0.15) is 0 Å². The number of anilines is 3. The third-order valence-electron chi connectivity index (χ3n) is 3.02. The van der Waals surface area contributed by atoms with Gasteiger partial charge in [0, 0.05) is 16.6 Å². The van der Waals surface area contributed by atoms with Gasteiger partial charge in [0.05, 0.1) is 27.6 Å². The molecule has 0 atom stereocenters. The zero-order chi connectivity index (χ0) is 14.1. The molecule has 0 saturated carbocycles. The molecule has 20 heavy (non-hydrogen) atoms. The minimum Gasteiger partial charge on any atom is -0.396 e. The number of nitrogens with two attached hydrogens (primary N) is 1. The second-order valence-corrected chi connectivity index (χ2v) is 5.19. The summed E-state index contributed by atoms with van der Waals surface area (Å²) < 4.78 is 0. The van der Waals surface area contributed by atoms with Gasteiger partial charge in [-0.15, -0.1) is 0 Å². The summed E-state index contributed by atoms with van der Waals surface area (Å²) in [5, 5.41) is 5.30. The minimum absolute atomic E-state index is 0.583. The van der Waals surface area contributed by atoms with Crippen molar-refractivity contribution in [2.45, 2.75) is 0 Å². The second-order valence-electron chi connectivity index (χ2n) is 4.35. The maximum atomic E-state index is 6.18. The zero-order valence-electron chi connectivity index (χ0n) is 10.4. The van der Waals surface area contributed by atoms with E-state index in [0.717, 1.165) is 16.6 Å². The molecule has 3 aromatic rings. The molecular formula is C15H11Cl2N3. The Hall–Kier alpha value is -1.97. The lowest BCUT2D eigenvalue weighted by Crippen LogP contribution is -1.98. The average molecular weight is 304 g/mol. The molecule has 0 aliphatic rings. The Kier molecular flexibility index (Phi) is 3.38. The molecule has 0 aliphatic carbocycles. The van der Waals surface area contributed by atoms with Gasteiger partial charge in [-0.3, -0.25) is 4.98 Å². The predicted octanol–water partition coefficient (Wildman–Crippen LogP) is 4.87. The Bertz CT molecular complexity index is 787. The van der Waals surface area contributed by atoms with Crippen molar-refractivity contribution >= 4 is 51.2 Å². The minimum atomic E-state index is 0.583. The average Bonchev–Trinajstić information content (AvgIpc) is 2.46. The molecule has 2 aromatic carbocycles. The molecule has 100 valence electrons. The van der Waals surface area contributed by atoms with Crippen molar-refractivity contribution in [1.29, 1.82) is 0 Å². The van der Waals surface area contributed by atoms with Gasteiger partial charge in [-0.25, -0.2) is 0 Å². The van der Waals surface area contributed by atoms with E-state index in [1.807, 2.05) is 24.3 Å². The molecule has 0 saturated heterocycles. The number of benzene rings is 2. The summed E-state index contributed by atoms with van der Waals surface area (Å²) in [7, 11) is 0. The van der Waals surface area contributed by atoms with Crippen LogP contribution in [0.25, 0.3) is 10.9 Å². The number of hydrogen-bond acceptors (Lipinski definition) is 3. The standard InChI is InChI=1S/C15H11Cl2N3/c16-9-3-4-11(17)14(8-9)20-13-6-5-12-10(15(13)18)2-1-7-19-12/h1-8,20H,18H2. The third-order valence-corrected chi connectivity index (χ3v) is 3.59. The molecule has 0 fully saturated rings. The van der Waals surface area contributed by atoms with E-state index in [-0.39, 0.29) is 0 Å². The summed E-state index contributed by atoms with van der Waals surface area (Å²) in [6.45, 7) is 0. The lowest BCUT2D eigenvalue weighted by molar-refractivity contribution is 1.41. The van der Waals surface area contributed by atoms with Crippen LogP contribution in [0.3, 0.4) is 0 Å². The summed E-state index contributed by atoms with van der Waals surface area (Å²) >= 11 is 12.1. The van der Waals surface area contributed by atoms with Gasteiger partial charge in [0.25, 0.3) is 0 Å². The highest BCUT2D eigenvalue weighted by Gasteiger charge is 2.07. The maximum absolute atomic E-state index is 6.18. The van der Waals surface area contributed by atoms with Gasteiger partial charge >= 0.3 is 0 Å². The van der Waals surface area contributed by atoms with Gasteiger partial charge in [-0.05, 0) is 42.5 Å². The van der Waals surface area contributed by atoms with Crippen molar-refractivity contribution in [3.8, 4) is 0 Å². The lowest BCUT2D eigenvalue weighted by Gasteiger charge is -2.12. The predicted molar refractivity (Wildman–Crippen MR) is 85.9 cm³/mol. The van der Waals surface area contributed by atoms with E-state index >= 15 is 0 Å². The molecule has 0 spiro atoms. The van der Waals surface area contributed by atoms with Crippen molar-refractivity contribution in [1.82, 2.24) is 4.98 Å². The van der Waals surface area contributed by atoms with Gasteiger partial charge in [0.2, 0.25) is 0 Å². The van der Waals surface area contributed by atoms with Crippen molar-refractivity contribution in [2.75, 3.05) is 11.1 Å². The fraction of sp³-hybridized carbons (Fsp3) is 0. The van der Waals surface area contributed by atoms with E-state index in [1.165, 1.54) is 0 Å². The highest BCUT2D eigenvalue weighted by molar-refractivity contribution is 6.35. The van der Waals surface area contributed by atoms with Crippen LogP contribution < -0.4 is 11.1 Å². The fourth-order valence-corrected chi connectivity index (χ4v) is 2.36. The van der Waals surface area contributed by atoms with Crippen molar-refractivity contribution < 1.29 is 0 Å². The number of aromatic nitrogens is 1. The van der Waals surface area contributed by atoms with E-state index in [9.17, 15) is 0 Å². The van der Waals surface area contributed by atoms with Gasteiger partial charge < -0.3 is 11.1 Å². The number of pyridine rings is 1. The SMILES string of the molecule is Nc1c(Nc2cc(Cl)ccc2Cl)ccc2ncccc12. The molecule has 0 radical (unpaired) electrons. The quantitative estimate of drug-likeness (QED) is 0.664. The molecule has 1 heterocycles. The number of halogens is 2. The van der Waals surface area contributed by atoms with Gasteiger partial charge in [0.15, 0.2) is 0 Å². The summed E-state index contributed by atoms with van der Waals surface area (Å²) in [5.41, 5.74) is 9.15. The van der Waals surface area contributed by atoms with Crippen molar-refractivity contribution in [2.24, 2.45) is 0 Å². The molecule has 0 amide bonds. The van der Waals surface area contributed by atoms with Crippen LogP contribution in [0.2, 0.25) is 10.0 Å². The number of rotatable bonds is 2. The summed E-state index contributed by atoms with van der Waals surface area (Å²) in [6.07, 6.45) is 1.74. The van der Waals surface area contributed by atoms with Gasteiger partial charge in [-0.1, -0.05) is 23.2 Å². The summed E-state index contributed by atoms with van der Waals surface area (Å²) in [4.78, 5) is 4.27. The van der Waals surface area contributed by atoms with E-state index in [1.54, 1.807) is 24.4 Å². The number of nitrogens with one attached hydrogen (secondary N) is 1. The van der Waals surface area contributed by atoms with Crippen LogP contribution in [-0.2, 0) is 0 Å². The molecule has 0 aliphatic heterocycles. The summed E-state index contributed by atoms with van der Waals surface area (Å²) in [5.74, 6) is 0. The smallest absolute Gasteiger partial charge is 0.0724 e. The Balaban J connectivity index is 2.07. The first-order valence-corrected chi connectivity index (χ1v) is 6.76. The maximum Gasteiger partial charge on any atom is 0.0724 e. The zero-order valence-corrected chi connectivity index (χ0v) is 11.9. The normalized spacial score (nSPS) is 10.7. The molecule has 0 bridgehead atoms. The van der Waals surface area contributed by atoms with Crippen LogP contribution in [0.15, 0.2) is 48.7 Å². The highest BCUT2D eigenvalue weighted by Crippen LogP contribution is 2.33. The van der Waals surface area contributed by atoms with E-state index in [4.69, 9.17) is 28.9 Å². The molecule has 1 aromatic heterocycles. The van der Waals surface area contributed by atoms with Crippen LogP contribution in [-0.4, -0.2) is 4.98 Å². The third kappa shape index (κ3) is 2.38. The lowest BCUT2D eigenvalue weighted by atomic mass is 10.1. The summed E-state index contributed by atoms with van der Waals surface area (Å²) in [6, 6.07) is 12.8. The first-order valence-electron chi connectivity index (χ1n) is 6.00. The largest absolute Gasteiger partial charge is 0.396 e. The Morgan fingerprint density at radius 3 is 2.70 bits per heavy atom. The monoisotopic (exact) mass is 303 g/mol. The Morgan fingerprint density at radius 2 is 1.85 bits per heavy atom. The molecule has 0 unspecified atom stereocenters. The van der Waals surface area contributed by atoms with Crippen LogP contribution >= 0.6 is 23.2 Å². The van der Waals surface area contributed by atoms with E-state index in [2.05, 4.69) is 10.3 Å². The van der Waals surface area contributed by atoms with Crippen molar-refractivity contribution in [3.63, 3.8) is 0 Å². The number of hydrogen-bond donors (Lipinski definition) is 2. The van der Waals surface area contributed by atoms with Crippen molar-refractivity contribution in [3.05, 3.63) is 58.7 Å². The Labute approximate surface area is 126 Å². The number of nitrogens with zero attached hydrogens (tertiary/aromatic N) is 1. The van der Waals surface area contributed by atoms with Crippen LogP contribution in [0, 0.1) is 0 Å². The second kappa shape index (κ2) is 5.19. The Morgan fingerprint density at radius 1 is 1.00 bits per heavy atom. The molecule has 3 N–H and O–H groups in total. The number of fused-ring (bicyclic) bond motifs is 1. The van der Waals surface area contributed by atoms with Crippen LogP contribution in [0.4, 0.5) is 17.1 Å². The molecule has 3 nitrogen and oxygen atoms in total. The van der Waals surface area contributed by atoms with Gasteiger partial charge in [0.1, 0.15) is 0 Å². The first kappa shape index (κ1) is 13.0. The van der Waals surface area contributed by atoms with E-state index in [0.29, 0.717) is 21.4 Å². The fourth-order valence-electron chi connectivity index (χ4n) is 2.02. The van der Waals surface area contributed by atoms with E-state index < -0.39 is 0 Å². The first-order chi connectivity index (χ1) is 9.65. The molecular weight excluding hydrogens is 293 g/mol. The molecule has 3 rings (SSSR count). The van der Waals surface area contributed by atoms with Crippen LogP contribution in [0.5, 0.6) is 0 Å².